The number of carbonyl (C=O) groups is 1. The molecule has 1 saturated carbocycles. The minimum atomic E-state index is -0.350. The third-order valence-electron chi connectivity index (χ3n) is 5.93. The number of fused-ring (bicyclic) bond motifs is 3. The van der Waals surface area contributed by atoms with Crippen LogP contribution >= 0.6 is 15.9 Å². The second kappa shape index (κ2) is 6.05. The number of ether oxygens (including phenoxy) is 1. The van der Waals surface area contributed by atoms with Gasteiger partial charge in [0.15, 0.2) is 5.65 Å². The highest BCUT2D eigenvalue weighted by Gasteiger charge is 2.52. The molecule has 2 aromatic heterocycles. The molecule has 1 spiro atoms. The number of nitrogens with zero attached hydrogens (tertiary/aromatic N) is 2. The van der Waals surface area contributed by atoms with Crippen molar-refractivity contribution in [3.8, 4) is 0 Å². The van der Waals surface area contributed by atoms with Gasteiger partial charge in [-0.1, -0.05) is 18.2 Å². The van der Waals surface area contributed by atoms with Gasteiger partial charge in [-0.05, 0) is 60.2 Å². The van der Waals surface area contributed by atoms with E-state index in [0.29, 0.717) is 22.2 Å². The largest absolute Gasteiger partial charge is 0.458 e. The highest BCUT2D eigenvalue weighted by molar-refractivity contribution is 9.10. The summed E-state index contributed by atoms with van der Waals surface area (Å²) in [5.41, 5.74) is 2.30. The summed E-state index contributed by atoms with van der Waals surface area (Å²) in [6.07, 6.45) is 3.87. The van der Waals surface area contributed by atoms with Crippen molar-refractivity contribution < 1.29 is 9.53 Å². The highest BCUT2D eigenvalue weighted by Crippen LogP contribution is 2.50. The third-order valence-corrected chi connectivity index (χ3v) is 6.34. The first kappa shape index (κ1) is 16.7. The van der Waals surface area contributed by atoms with Gasteiger partial charge in [0.25, 0.3) is 5.56 Å². The van der Waals surface area contributed by atoms with Crippen LogP contribution in [0.4, 0.5) is 0 Å². The Hall–Kier alpha value is -2.41. The lowest BCUT2D eigenvalue weighted by Gasteiger charge is -2.31. The lowest BCUT2D eigenvalue weighted by atomic mass is 9.81. The van der Waals surface area contributed by atoms with E-state index in [1.807, 2.05) is 18.2 Å². The molecule has 0 radical (unpaired) electrons. The van der Waals surface area contributed by atoms with Crippen LogP contribution in [-0.2, 0) is 16.6 Å². The summed E-state index contributed by atoms with van der Waals surface area (Å²) in [6.45, 7) is 0. The third kappa shape index (κ3) is 2.48. The highest BCUT2D eigenvalue weighted by atomic mass is 79.9. The minimum Gasteiger partial charge on any atom is -0.458 e. The van der Waals surface area contributed by atoms with E-state index in [2.05, 4.69) is 21.0 Å². The lowest BCUT2D eigenvalue weighted by Crippen LogP contribution is -2.37. The van der Waals surface area contributed by atoms with Gasteiger partial charge in [0, 0.05) is 11.6 Å². The molecule has 0 unspecified atom stereocenters. The van der Waals surface area contributed by atoms with E-state index in [1.54, 1.807) is 18.2 Å². The molecule has 0 amide bonds. The number of aromatic amines is 1. The van der Waals surface area contributed by atoms with Crippen molar-refractivity contribution in [2.75, 3.05) is 0 Å². The molecule has 2 heterocycles. The van der Waals surface area contributed by atoms with E-state index in [9.17, 15) is 9.59 Å². The number of rotatable bonds is 2. The topological polar surface area (TPSA) is 76.5 Å². The van der Waals surface area contributed by atoms with Crippen LogP contribution in [0.2, 0.25) is 0 Å². The van der Waals surface area contributed by atoms with Crippen molar-refractivity contribution in [2.24, 2.45) is 0 Å². The van der Waals surface area contributed by atoms with Gasteiger partial charge in [-0.15, -0.1) is 0 Å². The van der Waals surface area contributed by atoms with Crippen molar-refractivity contribution in [1.29, 1.82) is 0 Å². The number of nitrogens with one attached hydrogen (secondary N) is 1. The number of carbonyl (C=O) groups excluding carboxylic acids is 1. The van der Waals surface area contributed by atoms with Crippen LogP contribution in [0, 0.1) is 0 Å². The summed E-state index contributed by atoms with van der Waals surface area (Å²) >= 11 is 3.37. The zero-order valence-electron chi connectivity index (χ0n) is 14.6. The van der Waals surface area contributed by atoms with E-state index >= 15 is 0 Å². The standard InChI is InChI=1S/C20H18BrN3O3/c21-15-11-16-22-17-13(18(25)24(16)23-15)8-10-20(17)9-4-7-14(20)27-19(26)12-5-2-1-3-6-12/h1-3,5-6,11,14,23H,4,7-10H2/t14-,20-/m1/s1. The SMILES string of the molecule is O=C(O[C@@H]1CCC[C@@]12CCc1c2nc2cc(Br)[nH]n2c1=O)c1ccccc1. The van der Waals surface area contributed by atoms with Crippen LogP contribution in [0.5, 0.6) is 0 Å². The Bertz CT molecular complexity index is 1100. The number of esters is 1. The number of halogens is 1. The zero-order chi connectivity index (χ0) is 18.6. The van der Waals surface area contributed by atoms with Crippen LogP contribution in [0.15, 0.2) is 45.8 Å². The van der Waals surface area contributed by atoms with Crippen molar-refractivity contribution in [2.45, 2.75) is 43.6 Å². The maximum Gasteiger partial charge on any atom is 0.338 e. The minimum absolute atomic E-state index is 0.0578. The Morgan fingerprint density at radius 3 is 2.93 bits per heavy atom. The van der Waals surface area contributed by atoms with Gasteiger partial charge >= 0.3 is 5.97 Å². The fourth-order valence-corrected chi connectivity index (χ4v) is 5.06. The molecule has 2 aliphatic carbocycles. The Morgan fingerprint density at radius 2 is 2.11 bits per heavy atom. The average molecular weight is 428 g/mol. The maximum atomic E-state index is 12.9. The van der Waals surface area contributed by atoms with Gasteiger partial charge in [0.05, 0.1) is 16.7 Å². The smallest absolute Gasteiger partial charge is 0.338 e. The van der Waals surface area contributed by atoms with Crippen molar-refractivity contribution in [3.05, 3.63) is 68.2 Å². The second-order valence-electron chi connectivity index (χ2n) is 7.35. The number of aromatic nitrogens is 3. The van der Waals surface area contributed by atoms with Crippen LogP contribution in [0.25, 0.3) is 5.65 Å². The van der Waals surface area contributed by atoms with Crippen molar-refractivity contribution >= 4 is 27.5 Å². The Morgan fingerprint density at radius 1 is 1.30 bits per heavy atom. The lowest BCUT2D eigenvalue weighted by molar-refractivity contribution is 0.0132. The molecule has 2 aliphatic rings. The van der Waals surface area contributed by atoms with Gasteiger partial charge in [0.1, 0.15) is 10.7 Å². The van der Waals surface area contributed by atoms with Crippen molar-refractivity contribution in [3.63, 3.8) is 0 Å². The molecule has 0 bridgehead atoms. The van der Waals surface area contributed by atoms with Crippen LogP contribution < -0.4 is 5.56 Å². The zero-order valence-corrected chi connectivity index (χ0v) is 16.2. The summed E-state index contributed by atoms with van der Waals surface area (Å²) in [5.74, 6) is -0.308. The average Bonchev–Trinajstić information content (AvgIpc) is 3.35. The van der Waals surface area contributed by atoms with E-state index in [-0.39, 0.29) is 23.0 Å². The number of benzene rings is 1. The fraction of sp³-hybridized carbons (Fsp3) is 0.350. The summed E-state index contributed by atoms with van der Waals surface area (Å²) in [7, 11) is 0. The molecule has 3 aromatic rings. The van der Waals surface area contributed by atoms with E-state index in [1.165, 1.54) is 4.52 Å². The van der Waals surface area contributed by atoms with Crippen LogP contribution in [-0.4, -0.2) is 26.7 Å². The quantitative estimate of drug-likeness (QED) is 0.635. The first-order valence-corrected chi connectivity index (χ1v) is 9.94. The molecular formula is C20H18BrN3O3. The molecule has 0 saturated heterocycles. The van der Waals surface area contributed by atoms with Gasteiger partial charge in [0.2, 0.25) is 0 Å². The maximum absolute atomic E-state index is 12.9. The molecule has 7 heteroatoms. The predicted molar refractivity (Wildman–Crippen MR) is 103 cm³/mol. The summed E-state index contributed by atoms with van der Waals surface area (Å²) in [4.78, 5) is 30.3. The van der Waals surface area contributed by atoms with E-state index in [4.69, 9.17) is 9.72 Å². The molecule has 5 rings (SSSR count). The molecule has 1 fully saturated rings. The number of hydrogen-bond acceptors (Lipinski definition) is 4. The van der Waals surface area contributed by atoms with Gasteiger partial charge in [-0.2, -0.15) is 0 Å². The predicted octanol–water partition coefficient (Wildman–Crippen LogP) is 3.38. The normalized spacial score (nSPS) is 23.8. The molecule has 1 aromatic carbocycles. The Kier molecular flexibility index (Phi) is 3.75. The molecule has 138 valence electrons. The van der Waals surface area contributed by atoms with Crippen molar-refractivity contribution in [1.82, 2.24) is 14.6 Å². The second-order valence-corrected chi connectivity index (χ2v) is 8.20. The fourth-order valence-electron chi connectivity index (χ4n) is 4.67. The molecule has 0 aliphatic heterocycles. The summed E-state index contributed by atoms with van der Waals surface area (Å²) < 4.78 is 8.13. The molecule has 2 atom stereocenters. The first-order valence-electron chi connectivity index (χ1n) is 9.15. The number of H-pyrrole nitrogens is 1. The molecule has 27 heavy (non-hydrogen) atoms. The Labute approximate surface area is 163 Å². The first-order chi connectivity index (χ1) is 13.1. The summed E-state index contributed by atoms with van der Waals surface area (Å²) in [6, 6.07) is 10.9. The van der Waals surface area contributed by atoms with E-state index < -0.39 is 0 Å². The summed E-state index contributed by atoms with van der Waals surface area (Å²) in [5, 5.41) is 2.97. The monoisotopic (exact) mass is 427 g/mol. The van der Waals surface area contributed by atoms with Gasteiger partial charge < -0.3 is 4.74 Å². The molecular weight excluding hydrogens is 410 g/mol. The van der Waals surface area contributed by atoms with Crippen LogP contribution in [0.3, 0.4) is 0 Å². The number of hydrogen-bond donors (Lipinski definition) is 1. The van der Waals surface area contributed by atoms with Gasteiger partial charge in [-0.25, -0.2) is 14.3 Å². The van der Waals surface area contributed by atoms with E-state index in [0.717, 1.165) is 36.9 Å². The Balaban J connectivity index is 1.55. The molecule has 6 nitrogen and oxygen atoms in total. The van der Waals surface area contributed by atoms with Gasteiger partial charge in [-0.3, -0.25) is 9.89 Å². The van der Waals surface area contributed by atoms with Crippen LogP contribution in [0.1, 0.15) is 47.3 Å². The molecule has 1 N–H and O–H groups in total.